The number of methoxy groups -OCH3 is 1. The number of carbonyl (C=O) groups excluding carboxylic acids is 1. The van der Waals surface area contributed by atoms with Crippen LogP contribution in [0.2, 0.25) is 0 Å². The van der Waals surface area contributed by atoms with Gasteiger partial charge in [-0.2, -0.15) is 0 Å². The first-order valence-corrected chi connectivity index (χ1v) is 8.05. The smallest absolute Gasteiger partial charge is 0.261 e. The third kappa shape index (κ3) is 3.82. The van der Waals surface area contributed by atoms with E-state index in [1.807, 2.05) is 13.0 Å². The Balaban J connectivity index is 2.17. The molecule has 2 aromatic rings. The number of fused-ring (bicyclic) bond motifs is 1. The van der Waals surface area contributed by atoms with Crippen molar-refractivity contribution in [2.24, 2.45) is 0 Å². The van der Waals surface area contributed by atoms with Gasteiger partial charge in [0.05, 0.1) is 11.5 Å². The molecule has 0 radical (unpaired) electrons. The van der Waals surface area contributed by atoms with Crippen LogP contribution in [0.3, 0.4) is 0 Å². The van der Waals surface area contributed by atoms with Gasteiger partial charge in [-0.25, -0.2) is 4.39 Å². The van der Waals surface area contributed by atoms with Crippen LogP contribution < -0.4 is 5.32 Å². The summed E-state index contributed by atoms with van der Waals surface area (Å²) < 4.78 is 25.2. The number of amides is 1. The molecule has 120 valence electrons. The minimum Gasteiger partial charge on any atom is -0.382 e. The van der Waals surface area contributed by atoms with Gasteiger partial charge in [0.25, 0.3) is 5.91 Å². The van der Waals surface area contributed by atoms with Crippen LogP contribution in [-0.4, -0.2) is 32.8 Å². The number of carbonyl (C=O) groups is 1. The highest BCUT2D eigenvalue weighted by atomic mass is 32.1. The van der Waals surface area contributed by atoms with Crippen molar-refractivity contribution in [3.8, 4) is 0 Å². The second kappa shape index (κ2) is 8.22. The summed E-state index contributed by atoms with van der Waals surface area (Å²) in [5.41, 5.74) is 0.614. The molecule has 2 rings (SSSR count). The third-order valence-electron chi connectivity index (χ3n) is 3.21. The van der Waals surface area contributed by atoms with Gasteiger partial charge in [-0.05, 0) is 25.5 Å². The quantitative estimate of drug-likeness (QED) is 0.757. The van der Waals surface area contributed by atoms with Crippen LogP contribution in [-0.2, 0) is 16.1 Å². The van der Waals surface area contributed by atoms with E-state index in [0.717, 1.165) is 11.1 Å². The Labute approximate surface area is 133 Å². The molecule has 0 bridgehead atoms. The van der Waals surface area contributed by atoms with Gasteiger partial charge in [0.1, 0.15) is 5.82 Å². The molecule has 0 spiro atoms. The van der Waals surface area contributed by atoms with E-state index in [4.69, 9.17) is 9.47 Å². The molecular formula is C16H20FNO3S. The molecule has 1 heterocycles. The minimum absolute atomic E-state index is 0.191. The fourth-order valence-corrected chi connectivity index (χ4v) is 3.37. The molecule has 0 aliphatic carbocycles. The second-order valence-electron chi connectivity index (χ2n) is 4.76. The van der Waals surface area contributed by atoms with E-state index in [9.17, 15) is 9.18 Å². The lowest BCUT2D eigenvalue weighted by molar-refractivity contribution is 0.0944. The Bertz CT molecular complexity index is 642. The molecule has 0 unspecified atom stereocenters. The number of thiophene rings is 1. The Hall–Kier alpha value is -1.50. The molecule has 1 amide bonds. The minimum atomic E-state index is -0.323. The van der Waals surface area contributed by atoms with Crippen molar-refractivity contribution in [2.45, 2.75) is 20.0 Å². The van der Waals surface area contributed by atoms with E-state index < -0.39 is 0 Å². The summed E-state index contributed by atoms with van der Waals surface area (Å²) in [5.74, 6) is -0.514. The topological polar surface area (TPSA) is 47.6 Å². The molecule has 6 heteroatoms. The van der Waals surface area contributed by atoms with Crippen LogP contribution in [0, 0.1) is 5.82 Å². The van der Waals surface area contributed by atoms with Crippen molar-refractivity contribution in [3.63, 3.8) is 0 Å². The number of nitrogens with one attached hydrogen (secondary N) is 1. The lowest BCUT2D eigenvalue weighted by Gasteiger charge is -2.06. The van der Waals surface area contributed by atoms with Gasteiger partial charge in [-0.3, -0.25) is 4.79 Å². The molecule has 0 saturated heterocycles. The maximum absolute atomic E-state index is 14.0. The Morgan fingerprint density at radius 3 is 2.95 bits per heavy atom. The largest absolute Gasteiger partial charge is 0.382 e. The number of halogens is 1. The zero-order valence-electron chi connectivity index (χ0n) is 12.8. The molecule has 0 aliphatic heterocycles. The predicted molar refractivity (Wildman–Crippen MR) is 85.9 cm³/mol. The zero-order valence-corrected chi connectivity index (χ0v) is 13.6. The van der Waals surface area contributed by atoms with Crippen LogP contribution in [0.4, 0.5) is 4.39 Å². The van der Waals surface area contributed by atoms with Gasteiger partial charge in [0.2, 0.25) is 0 Å². The molecule has 4 nitrogen and oxygen atoms in total. The lowest BCUT2D eigenvalue weighted by atomic mass is 10.1. The number of hydrogen-bond acceptors (Lipinski definition) is 4. The van der Waals surface area contributed by atoms with Gasteiger partial charge in [-0.15, -0.1) is 11.3 Å². The van der Waals surface area contributed by atoms with Gasteiger partial charge in [0.15, 0.2) is 0 Å². The van der Waals surface area contributed by atoms with Crippen LogP contribution in [0.1, 0.15) is 28.6 Å². The third-order valence-corrected chi connectivity index (χ3v) is 4.41. The maximum atomic E-state index is 14.0. The number of hydrogen-bond donors (Lipinski definition) is 1. The number of ether oxygens (including phenoxy) is 2. The Morgan fingerprint density at radius 1 is 1.41 bits per heavy atom. The first-order chi connectivity index (χ1) is 10.7. The molecule has 22 heavy (non-hydrogen) atoms. The molecule has 0 atom stereocenters. The maximum Gasteiger partial charge on any atom is 0.261 e. The van der Waals surface area contributed by atoms with Gasteiger partial charge < -0.3 is 14.8 Å². The zero-order chi connectivity index (χ0) is 15.9. The summed E-state index contributed by atoms with van der Waals surface area (Å²) in [5, 5.41) is 3.33. The SMILES string of the molecule is CCOCCCNC(=O)c1sc2cccc(F)c2c1COC. The number of rotatable bonds is 8. The summed E-state index contributed by atoms with van der Waals surface area (Å²) in [7, 11) is 1.54. The van der Waals surface area contributed by atoms with Gasteiger partial charge in [0, 0.05) is 42.5 Å². The van der Waals surface area contributed by atoms with Crippen molar-refractivity contribution in [1.82, 2.24) is 5.32 Å². The van der Waals surface area contributed by atoms with Crippen molar-refractivity contribution in [1.29, 1.82) is 0 Å². The highest BCUT2D eigenvalue weighted by molar-refractivity contribution is 7.21. The molecule has 0 fully saturated rings. The van der Waals surface area contributed by atoms with Crippen molar-refractivity contribution < 1.29 is 18.7 Å². The van der Waals surface area contributed by atoms with Gasteiger partial charge >= 0.3 is 0 Å². The van der Waals surface area contributed by atoms with E-state index in [1.54, 1.807) is 6.07 Å². The molecule has 0 aliphatic rings. The molecule has 1 N–H and O–H groups in total. The molecular weight excluding hydrogens is 305 g/mol. The fraction of sp³-hybridized carbons (Fsp3) is 0.438. The normalized spacial score (nSPS) is 11.0. The molecule has 0 saturated carbocycles. The highest BCUT2D eigenvalue weighted by Gasteiger charge is 2.20. The second-order valence-corrected chi connectivity index (χ2v) is 5.81. The van der Waals surface area contributed by atoms with E-state index in [0.29, 0.717) is 35.6 Å². The highest BCUT2D eigenvalue weighted by Crippen LogP contribution is 2.33. The fourth-order valence-electron chi connectivity index (χ4n) is 2.23. The monoisotopic (exact) mass is 325 g/mol. The summed E-state index contributed by atoms with van der Waals surface area (Å²) >= 11 is 1.29. The lowest BCUT2D eigenvalue weighted by Crippen LogP contribution is -2.25. The predicted octanol–water partition coefficient (Wildman–Crippen LogP) is 3.34. The van der Waals surface area contributed by atoms with Crippen molar-refractivity contribution in [2.75, 3.05) is 26.9 Å². The van der Waals surface area contributed by atoms with Crippen molar-refractivity contribution >= 4 is 27.3 Å². The van der Waals surface area contributed by atoms with Gasteiger partial charge in [-0.1, -0.05) is 6.07 Å². The first kappa shape index (κ1) is 16.9. The Morgan fingerprint density at radius 2 is 2.23 bits per heavy atom. The average Bonchev–Trinajstić information content (AvgIpc) is 2.87. The van der Waals surface area contributed by atoms with E-state index in [-0.39, 0.29) is 18.3 Å². The number of benzene rings is 1. The standard InChI is InChI=1S/C16H20FNO3S/c1-3-21-9-5-8-18-16(19)15-11(10-20-2)14-12(17)6-4-7-13(14)22-15/h4,6-7H,3,5,8-10H2,1-2H3,(H,18,19). The molecule has 1 aromatic heterocycles. The van der Waals surface area contributed by atoms with Crippen LogP contribution in [0.5, 0.6) is 0 Å². The summed E-state index contributed by atoms with van der Waals surface area (Å²) in [6.07, 6.45) is 0.748. The van der Waals surface area contributed by atoms with Crippen molar-refractivity contribution in [3.05, 3.63) is 34.5 Å². The van der Waals surface area contributed by atoms with Crippen LogP contribution in [0.15, 0.2) is 18.2 Å². The van der Waals surface area contributed by atoms with Crippen LogP contribution >= 0.6 is 11.3 Å². The average molecular weight is 325 g/mol. The van der Waals surface area contributed by atoms with E-state index in [2.05, 4.69) is 5.32 Å². The molecule has 1 aromatic carbocycles. The van der Waals surface area contributed by atoms with Crippen LogP contribution in [0.25, 0.3) is 10.1 Å². The summed E-state index contributed by atoms with van der Waals surface area (Å²) in [4.78, 5) is 12.8. The summed E-state index contributed by atoms with van der Waals surface area (Å²) in [6, 6.07) is 4.86. The summed E-state index contributed by atoms with van der Waals surface area (Å²) in [6.45, 7) is 3.95. The Kier molecular flexibility index (Phi) is 6.30. The van der Waals surface area contributed by atoms with E-state index in [1.165, 1.54) is 24.5 Å². The first-order valence-electron chi connectivity index (χ1n) is 7.23. The van der Waals surface area contributed by atoms with E-state index >= 15 is 0 Å².